The molecule has 3 N–H and O–H groups in total. The van der Waals surface area contributed by atoms with Gasteiger partial charge in [0.05, 0.1) is 11.6 Å². The number of amides is 1. The molecule has 1 aromatic rings. The largest absolute Gasteiger partial charge is 0.497 e. The van der Waals surface area contributed by atoms with E-state index in [4.69, 9.17) is 15.3 Å². The van der Waals surface area contributed by atoms with Crippen LogP contribution in [-0.4, -0.2) is 19.1 Å². The topological polar surface area (TPSA) is 73.6 Å². The van der Waals surface area contributed by atoms with Crippen molar-refractivity contribution in [1.82, 2.24) is 5.43 Å². The third-order valence-corrected chi connectivity index (χ3v) is 3.01. The maximum Gasteiger partial charge on any atom is 0.274 e. The van der Waals surface area contributed by atoms with E-state index < -0.39 is 6.10 Å². The van der Waals surface area contributed by atoms with Gasteiger partial charge in [0.25, 0.3) is 5.91 Å². The molecule has 1 atom stereocenters. The molecule has 5 nitrogen and oxygen atoms in total. The third kappa shape index (κ3) is 3.89. The van der Waals surface area contributed by atoms with Crippen molar-refractivity contribution in [2.45, 2.75) is 25.9 Å². The molecule has 1 rings (SSSR count). The van der Waals surface area contributed by atoms with Crippen LogP contribution in [0.4, 0.5) is 0 Å². The number of carbonyl (C=O) groups is 1. The average molecular weight is 317 g/mol. The summed E-state index contributed by atoms with van der Waals surface area (Å²) in [5, 5.41) is 0. The van der Waals surface area contributed by atoms with Gasteiger partial charge in [-0.3, -0.25) is 10.2 Å². The van der Waals surface area contributed by atoms with Gasteiger partial charge >= 0.3 is 0 Å². The highest BCUT2D eigenvalue weighted by molar-refractivity contribution is 9.10. The molecule has 1 aromatic carbocycles. The number of nitrogens with two attached hydrogens (primary N) is 1. The number of halogens is 1. The summed E-state index contributed by atoms with van der Waals surface area (Å²) in [4.78, 5) is 11.5. The molecule has 0 saturated carbocycles. The number of ether oxygens (including phenoxy) is 2. The number of hydrogen-bond donors (Lipinski definition) is 2. The van der Waals surface area contributed by atoms with E-state index in [1.54, 1.807) is 25.3 Å². The Labute approximate surface area is 115 Å². The first-order valence-electron chi connectivity index (χ1n) is 5.63. The Morgan fingerprint density at radius 2 is 2.28 bits per heavy atom. The fourth-order valence-electron chi connectivity index (χ4n) is 1.46. The van der Waals surface area contributed by atoms with Gasteiger partial charge in [-0.15, -0.1) is 0 Å². The van der Waals surface area contributed by atoms with Crippen LogP contribution in [0, 0.1) is 0 Å². The van der Waals surface area contributed by atoms with Crippen molar-refractivity contribution in [2.75, 3.05) is 7.11 Å². The van der Waals surface area contributed by atoms with Crippen LogP contribution in [0.5, 0.6) is 11.5 Å². The molecule has 18 heavy (non-hydrogen) atoms. The SMILES string of the molecule is CCCC(Oc1ccc(OC)cc1Br)C(=O)NN. The van der Waals surface area contributed by atoms with E-state index in [9.17, 15) is 4.79 Å². The lowest BCUT2D eigenvalue weighted by molar-refractivity contribution is -0.128. The summed E-state index contributed by atoms with van der Waals surface area (Å²) >= 11 is 3.37. The number of methoxy groups -OCH3 is 1. The van der Waals surface area contributed by atoms with E-state index in [1.807, 2.05) is 6.92 Å². The summed E-state index contributed by atoms with van der Waals surface area (Å²) in [7, 11) is 1.59. The van der Waals surface area contributed by atoms with E-state index in [0.29, 0.717) is 17.9 Å². The molecule has 0 heterocycles. The fourth-order valence-corrected chi connectivity index (χ4v) is 1.91. The van der Waals surface area contributed by atoms with Crippen molar-refractivity contribution in [1.29, 1.82) is 0 Å². The average Bonchev–Trinajstić information content (AvgIpc) is 2.39. The molecular weight excluding hydrogens is 300 g/mol. The normalized spacial score (nSPS) is 11.8. The van der Waals surface area contributed by atoms with Crippen molar-refractivity contribution < 1.29 is 14.3 Å². The summed E-state index contributed by atoms with van der Waals surface area (Å²) in [5.74, 6) is 6.09. The third-order valence-electron chi connectivity index (χ3n) is 2.39. The molecule has 0 aliphatic heterocycles. The van der Waals surface area contributed by atoms with Crippen molar-refractivity contribution in [3.05, 3.63) is 22.7 Å². The van der Waals surface area contributed by atoms with Crippen LogP contribution in [0.1, 0.15) is 19.8 Å². The van der Waals surface area contributed by atoms with Crippen LogP contribution in [0.15, 0.2) is 22.7 Å². The summed E-state index contributed by atoms with van der Waals surface area (Å²) < 4.78 is 11.5. The lowest BCUT2D eigenvalue weighted by Gasteiger charge is -2.18. The monoisotopic (exact) mass is 316 g/mol. The lowest BCUT2D eigenvalue weighted by atomic mass is 10.2. The molecule has 0 bridgehead atoms. The molecule has 0 fully saturated rings. The van der Waals surface area contributed by atoms with Gasteiger partial charge in [-0.2, -0.15) is 0 Å². The Morgan fingerprint density at radius 1 is 1.56 bits per heavy atom. The van der Waals surface area contributed by atoms with Gasteiger partial charge in [-0.25, -0.2) is 5.84 Å². The number of nitrogens with one attached hydrogen (secondary N) is 1. The van der Waals surface area contributed by atoms with Crippen molar-refractivity contribution in [3.8, 4) is 11.5 Å². The highest BCUT2D eigenvalue weighted by atomic mass is 79.9. The lowest BCUT2D eigenvalue weighted by Crippen LogP contribution is -2.42. The number of hydrazine groups is 1. The van der Waals surface area contributed by atoms with Crippen molar-refractivity contribution in [2.24, 2.45) is 5.84 Å². The molecule has 0 saturated heterocycles. The molecule has 6 heteroatoms. The van der Waals surface area contributed by atoms with Crippen molar-refractivity contribution in [3.63, 3.8) is 0 Å². The maximum atomic E-state index is 11.5. The quantitative estimate of drug-likeness (QED) is 0.478. The predicted octanol–water partition coefficient (Wildman–Crippen LogP) is 2.00. The number of rotatable bonds is 6. The van der Waals surface area contributed by atoms with Crippen LogP contribution < -0.4 is 20.7 Å². The van der Waals surface area contributed by atoms with Crippen LogP contribution in [0.2, 0.25) is 0 Å². The second-order valence-electron chi connectivity index (χ2n) is 3.70. The Balaban J connectivity index is 2.83. The van der Waals surface area contributed by atoms with Gasteiger partial charge in [-0.05, 0) is 40.5 Å². The Bertz CT molecular complexity index is 412. The Morgan fingerprint density at radius 3 is 2.78 bits per heavy atom. The molecule has 0 aliphatic carbocycles. The molecule has 0 radical (unpaired) electrons. The zero-order valence-corrected chi connectivity index (χ0v) is 12.0. The van der Waals surface area contributed by atoms with Crippen LogP contribution in [-0.2, 0) is 4.79 Å². The van der Waals surface area contributed by atoms with E-state index in [1.165, 1.54) is 0 Å². The summed E-state index contributed by atoms with van der Waals surface area (Å²) in [6.07, 6.45) is 0.831. The van der Waals surface area contributed by atoms with E-state index in [-0.39, 0.29) is 5.91 Å². The first-order chi connectivity index (χ1) is 8.62. The summed E-state index contributed by atoms with van der Waals surface area (Å²) in [5.41, 5.74) is 2.11. The van der Waals surface area contributed by atoms with Gasteiger partial charge < -0.3 is 9.47 Å². The molecule has 1 amide bonds. The Kier molecular flexibility index (Phi) is 5.94. The minimum atomic E-state index is -0.593. The van der Waals surface area contributed by atoms with Gasteiger partial charge in [0, 0.05) is 0 Å². The van der Waals surface area contributed by atoms with Crippen LogP contribution in [0.3, 0.4) is 0 Å². The van der Waals surface area contributed by atoms with E-state index >= 15 is 0 Å². The molecular formula is C12H17BrN2O3. The van der Waals surface area contributed by atoms with Gasteiger partial charge in [-0.1, -0.05) is 13.3 Å². The van der Waals surface area contributed by atoms with Crippen molar-refractivity contribution >= 4 is 21.8 Å². The standard InChI is InChI=1S/C12H17BrN2O3/c1-3-4-11(12(16)15-14)18-10-6-5-8(17-2)7-9(10)13/h5-7,11H,3-4,14H2,1-2H3,(H,15,16). The predicted molar refractivity (Wildman–Crippen MR) is 72.3 cm³/mol. The first kappa shape index (κ1) is 14.8. The van der Waals surface area contributed by atoms with Gasteiger partial charge in [0.15, 0.2) is 6.10 Å². The number of benzene rings is 1. The second-order valence-corrected chi connectivity index (χ2v) is 4.55. The second kappa shape index (κ2) is 7.23. The molecule has 0 aromatic heterocycles. The van der Waals surface area contributed by atoms with Crippen LogP contribution in [0.25, 0.3) is 0 Å². The number of hydrogen-bond acceptors (Lipinski definition) is 4. The smallest absolute Gasteiger partial charge is 0.274 e. The maximum absolute atomic E-state index is 11.5. The zero-order chi connectivity index (χ0) is 13.5. The van der Waals surface area contributed by atoms with Gasteiger partial charge in [0.1, 0.15) is 11.5 Å². The highest BCUT2D eigenvalue weighted by Crippen LogP contribution is 2.30. The van der Waals surface area contributed by atoms with E-state index in [0.717, 1.165) is 10.9 Å². The minimum absolute atomic E-state index is 0.334. The first-order valence-corrected chi connectivity index (χ1v) is 6.42. The minimum Gasteiger partial charge on any atom is -0.497 e. The highest BCUT2D eigenvalue weighted by Gasteiger charge is 2.19. The molecule has 0 aliphatic rings. The summed E-state index contributed by atoms with van der Waals surface area (Å²) in [6, 6.07) is 5.29. The number of carbonyl (C=O) groups excluding carboxylic acids is 1. The zero-order valence-electron chi connectivity index (χ0n) is 10.4. The van der Waals surface area contributed by atoms with Crippen LogP contribution >= 0.6 is 15.9 Å². The summed E-state index contributed by atoms with van der Waals surface area (Å²) in [6.45, 7) is 1.98. The molecule has 100 valence electrons. The molecule has 0 spiro atoms. The van der Waals surface area contributed by atoms with E-state index in [2.05, 4.69) is 21.4 Å². The Hall–Kier alpha value is -1.27. The molecule has 1 unspecified atom stereocenters. The van der Waals surface area contributed by atoms with Gasteiger partial charge in [0.2, 0.25) is 0 Å². The fraction of sp³-hybridized carbons (Fsp3) is 0.417.